The van der Waals surface area contributed by atoms with Gasteiger partial charge in [0.2, 0.25) is 5.91 Å². The van der Waals surface area contributed by atoms with Crippen LogP contribution in [0.2, 0.25) is 0 Å². The second-order valence-electron chi connectivity index (χ2n) is 6.72. The molecule has 1 heterocycles. The summed E-state index contributed by atoms with van der Waals surface area (Å²) >= 11 is 3.08. The molecule has 7 heteroatoms. The van der Waals surface area contributed by atoms with Crippen LogP contribution >= 0.6 is 23.1 Å². The average molecular weight is 385 g/mol. The quantitative estimate of drug-likeness (QED) is 0.644. The first kappa shape index (κ1) is 20.3. The third-order valence-electron chi connectivity index (χ3n) is 4.65. The molecule has 1 aliphatic carbocycles. The average Bonchev–Trinajstić information content (AvgIpc) is 3.05. The molecule has 25 heavy (non-hydrogen) atoms. The van der Waals surface area contributed by atoms with Gasteiger partial charge in [0.05, 0.1) is 10.4 Å². The minimum atomic E-state index is -0.983. The Morgan fingerprint density at radius 2 is 2.04 bits per heavy atom. The molecule has 0 saturated heterocycles. The topological polar surface area (TPSA) is 78.4 Å². The van der Waals surface area contributed by atoms with E-state index in [0.717, 1.165) is 42.7 Å². The maximum atomic E-state index is 12.6. The fourth-order valence-corrected chi connectivity index (χ4v) is 4.39. The van der Waals surface area contributed by atoms with Gasteiger partial charge in [-0.25, -0.2) is 0 Å². The zero-order valence-corrected chi connectivity index (χ0v) is 16.6. The first-order valence-corrected chi connectivity index (χ1v) is 11.0. The van der Waals surface area contributed by atoms with Gasteiger partial charge in [0.15, 0.2) is 0 Å². The number of carbonyl (C=O) groups excluding carboxylic acids is 2. The summed E-state index contributed by atoms with van der Waals surface area (Å²) < 4.78 is 0. The number of rotatable bonds is 8. The standard InChI is InChI=1S/C18H28N2O3S2/c1-13-6-7-15(25-13)17(23)20-18(9-4-3-5-10-18)12-19-16(22)14(21)8-11-24-2/h6-7,14,21H,3-5,8-12H2,1-2H3,(H,19,22)(H,20,23). The molecular weight excluding hydrogens is 356 g/mol. The smallest absolute Gasteiger partial charge is 0.261 e. The van der Waals surface area contributed by atoms with Gasteiger partial charge >= 0.3 is 0 Å². The van der Waals surface area contributed by atoms with Gasteiger partial charge in [-0.3, -0.25) is 9.59 Å². The second-order valence-corrected chi connectivity index (χ2v) is 8.99. The van der Waals surface area contributed by atoms with Crippen molar-refractivity contribution in [2.75, 3.05) is 18.6 Å². The van der Waals surface area contributed by atoms with Gasteiger partial charge < -0.3 is 15.7 Å². The fourth-order valence-electron chi connectivity index (χ4n) is 3.17. The molecule has 1 atom stereocenters. The first-order chi connectivity index (χ1) is 12.0. The molecule has 0 aliphatic heterocycles. The third-order valence-corrected chi connectivity index (χ3v) is 6.30. The van der Waals surface area contributed by atoms with Crippen LogP contribution in [-0.2, 0) is 4.79 Å². The molecule has 140 valence electrons. The Morgan fingerprint density at radius 1 is 1.32 bits per heavy atom. The van der Waals surface area contributed by atoms with Crippen molar-refractivity contribution in [1.29, 1.82) is 0 Å². The highest BCUT2D eigenvalue weighted by atomic mass is 32.2. The van der Waals surface area contributed by atoms with Crippen molar-refractivity contribution in [3.63, 3.8) is 0 Å². The van der Waals surface area contributed by atoms with E-state index < -0.39 is 11.6 Å². The van der Waals surface area contributed by atoms with Crippen LogP contribution in [0.5, 0.6) is 0 Å². The molecule has 0 spiro atoms. The molecule has 5 nitrogen and oxygen atoms in total. The molecule has 1 aliphatic rings. The molecule has 0 bridgehead atoms. The monoisotopic (exact) mass is 384 g/mol. The molecule has 1 unspecified atom stereocenters. The van der Waals surface area contributed by atoms with Gasteiger partial charge in [-0.1, -0.05) is 19.3 Å². The highest BCUT2D eigenvalue weighted by Crippen LogP contribution is 2.29. The second kappa shape index (κ2) is 9.59. The molecular formula is C18H28N2O3S2. The Kier molecular flexibility index (Phi) is 7.78. The van der Waals surface area contributed by atoms with Crippen molar-refractivity contribution < 1.29 is 14.7 Å². The minimum absolute atomic E-state index is 0.0721. The minimum Gasteiger partial charge on any atom is -0.383 e. The van der Waals surface area contributed by atoms with Gasteiger partial charge in [-0.15, -0.1) is 11.3 Å². The van der Waals surface area contributed by atoms with Crippen molar-refractivity contribution in [2.45, 2.75) is 57.1 Å². The number of hydrogen-bond acceptors (Lipinski definition) is 5. The molecule has 1 fully saturated rings. The summed E-state index contributed by atoms with van der Waals surface area (Å²) in [6.45, 7) is 2.35. The number of carbonyl (C=O) groups is 2. The zero-order valence-electron chi connectivity index (χ0n) is 15.0. The van der Waals surface area contributed by atoms with Gasteiger partial charge in [0.1, 0.15) is 6.10 Å². The fraction of sp³-hybridized carbons (Fsp3) is 0.667. The normalized spacial score (nSPS) is 17.7. The Labute approximate surface area is 158 Å². The summed E-state index contributed by atoms with van der Waals surface area (Å²) in [6, 6.07) is 3.79. The Balaban J connectivity index is 1.97. The van der Waals surface area contributed by atoms with Crippen LogP contribution in [0.25, 0.3) is 0 Å². The number of thiophene rings is 1. The molecule has 0 radical (unpaired) electrons. The molecule has 2 rings (SSSR count). The number of amides is 2. The predicted octanol–water partition coefficient (Wildman–Crippen LogP) is 2.72. The number of aliphatic hydroxyl groups is 1. The highest BCUT2D eigenvalue weighted by molar-refractivity contribution is 7.98. The van der Waals surface area contributed by atoms with E-state index in [1.165, 1.54) is 11.3 Å². The number of nitrogens with one attached hydrogen (secondary N) is 2. The summed E-state index contributed by atoms with van der Waals surface area (Å²) in [4.78, 5) is 26.5. The van der Waals surface area contributed by atoms with Crippen molar-refractivity contribution in [2.24, 2.45) is 0 Å². The van der Waals surface area contributed by atoms with E-state index >= 15 is 0 Å². The molecule has 3 N–H and O–H groups in total. The van der Waals surface area contributed by atoms with Crippen LogP contribution in [0.1, 0.15) is 53.1 Å². The lowest BCUT2D eigenvalue weighted by Crippen LogP contribution is -2.57. The lowest BCUT2D eigenvalue weighted by molar-refractivity contribution is -0.129. The molecule has 1 saturated carbocycles. The van der Waals surface area contributed by atoms with E-state index in [2.05, 4.69) is 10.6 Å². The molecule has 2 amide bonds. The lowest BCUT2D eigenvalue weighted by atomic mass is 9.81. The van der Waals surface area contributed by atoms with Crippen molar-refractivity contribution in [3.05, 3.63) is 21.9 Å². The van der Waals surface area contributed by atoms with E-state index in [4.69, 9.17) is 0 Å². The van der Waals surface area contributed by atoms with Gasteiger partial charge in [-0.2, -0.15) is 11.8 Å². The SMILES string of the molecule is CSCCC(O)C(=O)NCC1(NC(=O)c2ccc(C)s2)CCCCC1. The highest BCUT2D eigenvalue weighted by Gasteiger charge is 2.35. The van der Waals surface area contributed by atoms with Crippen LogP contribution in [0.15, 0.2) is 12.1 Å². The summed E-state index contributed by atoms with van der Waals surface area (Å²) in [5.41, 5.74) is -0.415. The number of thioether (sulfide) groups is 1. The zero-order chi connectivity index (χ0) is 18.3. The summed E-state index contributed by atoms with van der Waals surface area (Å²) in [5.74, 6) is 0.325. The number of aliphatic hydroxyl groups excluding tert-OH is 1. The van der Waals surface area contributed by atoms with E-state index in [-0.39, 0.29) is 11.8 Å². The van der Waals surface area contributed by atoms with Crippen LogP contribution in [0.4, 0.5) is 0 Å². The van der Waals surface area contributed by atoms with Crippen LogP contribution in [0.3, 0.4) is 0 Å². The summed E-state index contributed by atoms with van der Waals surface area (Å²) in [7, 11) is 0. The van der Waals surface area contributed by atoms with Crippen LogP contribution in [-0.4, -0.2) is 47.1 Å². The van der Waals surface area contributed by atoms with E-state index in [9.17, 15) is 14.7 Å². The van der Waals surface area contributed by atoms with E-state index in [0.29, 0.717) is 17.8 Å². The van der Waals surface area contributed by atoms with Gasteiger partial charge in [0, 0.05) is 11.4 Å². The lowest BCUT2D eigenvalue weighted by Gasteiger charge is -2.38. The van der Waals surface area contributed by atoms with Crippen molar-refractivity contribution in [3.8, 4) is 0 Å². The first-order valence-electron chi connectivity index (χ1n) is 8.79. The van der Waals surface area contributed by atoms with Gasteiger partial charge in [-0.05, 0) is 50.3 Å². The maximum Gasteiger partial charge on any atom is 0.261 e. The predicted molar refractivity (Wildman–Crippen MR) is 104 cm³/mol. The summed E-state index contributed by atoms with van der Waals surface area (Å²) in [5, 5.41) is 15.9. The van der Waals surface area contributed by atoms with Gasteiger partial charge in [0.25, 0.3) is 5.91 Å². The van der Waals surface area contributed by atoms with E-state index in [1.54, 1.807) is 11.8 Å². The Hall–Kier alpha value is -1.05. The Bertz CT molecular complexity index is 583. The van der Waals surface area contributed by atoms with Crippen molar-refractivity contribution in [1.82, 2.24) is 10.6 Å². The largest absolute Gasteiger partial charge is 0.383 e. The van der Waals surface area contributed by atoms with Crippen LogP contribution in [0, 0.1) is 6.92 Å². The number of aryl methyl sites for hydroxylation is 1. The number of hydrogen-bond donors (Lipinski definition) is 3. The third kappa shape index (κ3) is 6.01. The molecule has 1 aromatic rings. The van der Waals surface area contributed by atoms with Crippen LogP contribution < -0.4 is 10.6 Å². The maximum absolute atomic E-state index is 12.6. The molecule has 1 aromatic heterocycles. The summed E-state index contributed by atoms with van der Waals surface area (Å²) in [6.07, 6.45) is 6.34. The molecule has 0 aromatic carbocycles. The Morgan fingerprint density at radius 3 is 2.64 bits per heavy atom. The van der Waals surface area contributed by atoms with Crippen molar-refractivity contribution >= 4 is 34.9 Å². The van der Waals surface area contributed by atoms with E-state index in [1.807, 2.05) is 25.3 Å².